The van der Waals surface area contributed by atoms with Gasteiger partial charge in [-0.05, 0) is 161 Å². The smallest absolute Gasteiger partial charge is 0.444 e. The molecule has 26 heteroatoms. The second-order valence-electron chi connectivity index (χ2n) is 26.4. The molecule has 0 spiro atoms. The number of aliphatic hydroxyl groups excluding tert-OH is 2. The van der Waals surface area contributed by atoms with Gasteiger partial charge in [-0.3, -0.25) is 24.0 Å². The highest BCUT2D eigenvalue weighted by molar-refractivity contribution is 5.95. The van der Waals surface area contributed by atoms with Crippen molar-refractivity contribution in [3.63, 3.8) is 0 Å². The Bertz CT molecular complexity index is 3510. The third-order valence-corrected chi connectivity index (χ3v) is 18.1. The lowest BCUT2D eigenvalue weighted by molar-refractivity contribution is -0.276. The first-order chi connectivity index (χ1) is 45.1. The minimum atomic E-state index is -5.06. The molecule has 5 saturated carbocycles. The maximum absolute atomic E-state index is 14.6. The standard InChI is InChI=1S/C18H24FNO3.C14H14F4O3.C13H13F4NO3.2C13H16FNO/c1-12-8-7-9-13(15(12)19)18(11-6-5-10-14(18)21)20-16(22)23-17(2,3)4;1-13(7-3-5-9(19)12(13)20)8-4-2-6-10(11(8)15)21-14(16,17)18;14-10-7(3-1-5-9(10)21-13(15,16)17)12(18)6-2-4-8(19)11(12)20;2*1-9-5-4-6-10(12(9)14)13(15)8-3-2-7-11(13)16/h7-9H,5-6,10-11H2,1-4H3,(H,20,22);2,4,6,9,19H,3,5,7H2,1H3;1,3,5,8,19H,2,4,6,18H2;2*4-6H,2-3,7-8,15H2,1H3/t18-;9-,13+;8-,12-;13-;/m1111./s1. The van der Waals surface area contributed by atoms with E-state index in [0.29, 0.717) is 79.2 Å². The van der Waals surface area contributed by atoms with E-state index < -0.39 is 110 Å². The number of alkyl halides is 6. The van der Waals surface area contributed by atoms with Crippen LogP contribution >= 0.6 is 0 Å². The van der Waals surface area contributed by atoms with Crippen LogP contribution in [0.4, 0.5) is 53.1 Å². The molecule has 0 aliphatic heterocycles. The quantitative estimate of drug-likeness (QED) is 0.0790. The zero-order chi connectivity index (χ0) is 72.4. The maximum Gasteiger partial charge on any atom is 0.573 e. The molecule has 9 N–H and O–H groups in total. The molecule has 1 unspecified atom stereocenters. The number of nitrogens with two attached hydrogens (primary N) is 3. The van der Waals surface area contributed by atoms with E-state index in [2.05, 4.69) is 14.8 Å². The van der Waals surface area contributed by atoms with Gasteiger partial charge in [-0.1, -0.05) is 91.7 Å². The number of alkyl carbamates (subject to hydrolysis) is 1. The number of ether oxygens (including phenoxy) is 3. The second kappa shape index (κ2) is 31.5. The van der Waals surface area contributed by atoms with Gasteiger partial charge in [0.1, 0.15) is 57.4 Å². The molecule has 5 fully saturated rings. The molecule has 97 heavy (non-hydrogen) atoms. The summed E-state index contributed by atoms with van der Waals surface area (Å²) in [7, 11) is 0. The van der Waals surface area contributed by atoms with E-state index in [9.17, 15) is 87.3 Å². The maximum atomic E-state index is 14.6. The van der Waals surface area contributed by atoms with E-state index in [0.717, 1.165) is 62.8 Å². The average molecular weight is 1380 g/mol. The largest absolute Gasteiger partial charge is 0.573 e. The first-order valence-electron chi connectivity index (χ1n) is 31.9. The molecule has 10 rings (SSSR count). The highest BCUT2D eigenvalue weighted by Gasteiger charge is 2.49. The van der Waals surface area contributed by atoms with Crippen molar-refractivity contribution >= 4 is 35.0 Å². The highest BCUT2D eigenvalue weighted by atomic mass is 19.4. The molecule has 0 heterocycles. The third-order valence-electron chi connectivity index (χ3n) is 18.1. The number of hydrogen-bond donors (Lipinski definition) is 6. The molecular formula is C71H83F11N4O11. The number of ketones is 5. The van der Waals surface area contributed by atoms with Gasteiger partial charge >= 0.3 is 18.8 Å². The summed E-state index contributed by atoms with van der Waals surface area (Å²) < 4.78 is 157. The van der Waals surface area contributed by atoms with Gasteiger partial charge in [-0.25, -0.2) is 26.7 Å². The minimum Gasteiger partial charge on any atom is -0.444 e. The Morgan fingerprint density at radius 3 is 1.24 bits per heavy atom. The molecule has 5 aliphatic carbocycles. The van der Waals surface area contributed by atoms with Crippen LogP contribution in [0.15, 0.2) is 91.0 Å². The number of benzene rings is 5. The van der Waals surface area contributed by atoms with E-state index in [-0.39, 0.29) is 65.8 Å². The van der Waals surface area contributed by atoms with Crippen LogP contribution in [-0.2, 0) is 56.3 Å². The molecule has 5 aromatic rings. The molecule has 5 aromatic carbocycles. The molecule has 7 atom stereocenters. The summed E-state index contributed by atoms with van der Waals surface area (Å²) in [5, 5.41) is 21.9. The van der Waals surface area contributed by atoms with E-state index in [1.165, 1.54) is 19.1 Å². The normalized spacial score (nSPS) is 25.3. The van der Waals surface area contributed by atoms with Gasteiger partial charge in [-0.15, -0.1) is 26.3 Å². The Labute approximate surface area is 555 Å². The summed E-state index contributed by atoms with van der Waals surface area (Å²) in [6.07, 6.45) is -4.04. The van der Waals surface area contributed by atoms with Crippen molar-refractivity contribution in [1.82, 2.24) is 5.32 Å². The van der Waals surface area contributed by atoms with E-state index in [1.807, 2.05) is 0 Å². The Morgan fingerprint density at radius 1 is 0.464 bits per heavy atom. The molecule has 0 saturated heterocycles. The lowest BCUT2D eigenvalue weighted by Crippen LogP contribution is -2.54. The van der Waals surface area contributed by atoms with E-state index in [4.69, 9.17) is 21.9 Å². The predicted octanol–water partition coefficient (Wildman–Crippen LogP) is 13.9. The van der Waals surface area contributed by atoms with Crippen LogP contribution < -0.4 is 32.0 Å². The molecule has 5 aliphatic rings. The number of halogens is 11. The van der Waals surface area contributed by atoms with E-state index in [1.54, 1.807) is 96.1 Å². The fourth-order valence-corrected chi connectivity index (χ4v) is 12.8. The summed E-state index contributed by atoms with van der Waals surface area (Å²) >= 11 is 0. The number of aryl methyl sites for hydroxylation is 3. The summed E-state index contributed by atoms with van der Waals surface area (Å²) in [5.74, 6) is -7.36. The molecular weight excluding hydrogens is 1290 g/mol. The van der Waals surface area contributed by atoms with Crippen LogP contribution in [0.25, 0.3) is 0 Å². The van der Waals surface area contributed by atoms with Gasteiger partial charge in [0.15, 0.2) is 52.0 Å². The summed E-state index contributed by atoms with van der Waals surface area (Å²) in [4.78, 5) is 72.8. The van der Waals surface area contributed by atoms with Crippen LogP contribution in [0.1, 0.15) is 188 Å². The van der Waals surface area contributed by atoms with Crippen molar-refractivity contribution < 1.29 is 101 Å². The van der Waals surface area contributed by atoms with Crippen molar-refractivity contribution in [2.75, 3.05) is 0 Å². The number of Topliss-reactive ketones (excluding diaryl/α,β-unsaturated/α-hetero) is 5. The summed E-state index contributed by atoms with van der Waals surface area (Å²) in [6, 6.07) is 21.4. The number of aliphatic hydroxyl groups is 2. The molecule has 0 radical (unpaired) electrons. The molecule has 0 bridgehead atoms. The Balaban J connectivity index is 0.000000193. The van der Waals surface area contributed by atoms with Gasteiger partial charge < -0.3 is 46.9 Å². The average Bonchev–Trinajstić information content (AvgIpc) is 0.789. The summed E-state index contributed by atoms with van der Waals surface area (Å²) in [5.41, 5.74) is 12.5. The zero-order valence-electron chi connectivity index (χ0n) is 55.0. The highest BCUT2D eigenvalue weighted by Crippen LogP contribution is 2.43. The molecule has 1 amide bonds. The Hall–Kier alpha value is -7.65. The van der Waals surface area contributed by atoms with Crippen LogP contribution in [0, 0.1) is 49.9 Å². The molecule has 15 nitrogen and oxygen atoms in total. The van der Waals surface area contributed by atoms with Crippen molar-refractivity contribution in [3.05, 3.63) is 165 Å². The number of rotatable bonds is 8. The van der Waals surface area contributed by atoms with Gasteiger partial charge in [0.2, 0.25) is 0 Å². The monoisotopic (exact) mass is 1380 g/mol. The first-order valence-corrected chi connectivity index (χ1v) is 31.9. The Kier molecular flexibility index (Phi) is 25.4. The number of carbonyl (C=O) groups is 6. The van der Waals surface area contributed by atoms with Crippen molar-refractivity contribution in [2.24, 2.45) is 17.2 Å². The van der Waals surface area contributed by atoms with Gasteiger partial charge in [0.25, 0.3) is 0 Å². The number of carbonyl (C=O) groups excluding carboxylic acids is 6. The minimum absolute atomic E-state index is 0.0370. The molecule has 530 valence electrons. The van der Waals surface area contributed by atoms with Gasteiger partial charge in [-0.2, -0.15) is 0 Å². The number of amides is 1. The Morgan fingerprint density at radius 2 is 0.814 bits per heavy atom. The SMILES string of the molecule is C[C@@]1(c2cccc(OC(F)(F)F)c2F)CCC[C@@H](O)C1=O.Cc1cccc(C2(N)CCCCC2=O)c1F.Cc1cccc([C@]2(N)CCCCC2=O)c1F.Cc1cccc([C@]2(NC(=O)OC(C)(C)C)CCCCC2=O)c1F.N[C@@]1(c2cccc(OC(F)(F)F)c2F)CCC[C@@H](O)C1=O. The van der Waals surface area contributed by atoms with Gasteiger partial charge in [0.05, 0.1) is 5.41 Å². The van der Waals surface area contributed by atoms with Crippen molar-refractivity contribution in [2.45, 2.75) is 222 Å². The molecule has 0 aromatic heterocycles. The van der Waals surface area contributed by atoms with Crippen LogP contribution in [0.3, 0.4) is 0 Å². The second-order valence-corrected chi connectivity index (χ2v) is 26.4. The number of nitrogens with one attached hydrogen (secondary N) is 1. The lowest BCUT2D eigenvalue weighted by atomic mass is 9.68. The zero-order valence-corrected chi connectivity index (χ0v) is 55.0. The first kappa shape index (κ1) is 78.3. The number of hydrogen-bond acceptors (Lipinski definition) is 14. The van der Waals surface area contributed by atoms with Crippen LogP contribution in [0.2, 0.25) is 0 Å². The lowest BCUT2D eigenvalue weighted by Gasteiger charge is -2.37. The fraction of sp³-hybridized carbons (Fsp3) is 0.493. The predicted molar refractivity (Wildman–Crippen MR) is 336 cm³/mol. The van der Waals surface area contributed by atoms with Crippen LogP contribution in [-0.4, -0.2) is 75.8 Å². The third kappa shape index (κ3) is 18.6. The topological polar surface area (TPSA) is 261 Å². The fourth-order valence-electron chi connectivity index (χ4n) is 12.8. The van der Waals surface area contributed by atoms with E-state index >= 15 is 0 Å². The summed E-state index contributed by atoms with van der Waals surface area (Å²) in [6.45, 7) is 11.7. The van der Waals surface area contributed by atoms with Gasteiger partial charge in [0, 0.05) is 47.1 Å². The van der Waals surface area contributed by atoms with Crippen LogP contribution in [0.5, 0.6) is 11.5 Å². The van der Waals surface area contributed by atoms with Crippen molar-refractivity contribution in [3.8, 4) is 11.5 Å². The van der Waals surface area contributed by atoms with Crippen molar-refractivity contribution in [1.29, 1.82) is 0 Å².